The predicted molar refractivity (Wildman–Crippen MR) is 127 cm³/mol. The molecule has 0 spiro atoms. The number of hydrogen-bond donors (Lipinski definition) is 1. The number of nitrogens with zero attached hydrogens (tertiary/aromatic N) is 1. The zero-order valence-corrected chi connectivity index (χ0v) is 18.8. The first-order valence-electron chi connectivity index (χ1n) is 9.77. The van der Waals surface area contributed by atoms with Gasteiger partial charge in [0.05, 0.1) is 17.1 Å². The lowest BCUT2D eigenvalue weighted by atomic mass is 10.1. The van der Waals surface area contributed by atoms with Crippen LogP contribution in [0.25, 0.3) is 6.08 Å². The molecule has 6 nitrogen and oxygen atoms in total. The van der Waals surface area contributed by atoms with Gasteiger partial charge in [-0.15, -0.1) is 0 Å². The smallest absolute Gasteiger partial charge is 0.338 e. The van der Waals surface area contributed by atoms with Crippen LogP contribution in [0, 0.1) is 6.92 Å². The van der Waals surface area contributed by atoms with Gasteiger partial charge < -0.3 is 10.1 Å². The van der Waals surface area contributed by atoms with Gasteiger partial charge in [0.25, 0.3) is 5.91 Å². The summed E-state index contributed by atoms with van der Waals surface area (Å²) in [5.41, 5.74) is 3.01. The molecular formula is C23H22N2O4S2. The molecule has 31 heavy (non-hydrogen) atoms. The van der Waals surface area contributed by atoms with Crippen LogP contribution in [0.1, 0.15) is 34.8 Å². The van der Waals surface area contributed by atoms with Gasteiger partial charge in [0.1, 0.15) is 4.32 Å². The monoisotopic (exact) mass is 454 g/mol. The van der Waals surface area contributed by atoms with Gasteiger partial charge in [0.2, 0.25) is 5.91 Å². The maximum atomic E-state index is 12.7. The Morgan fingerprint density at radius 1 is 1.16 bits per heavy atom. The molecule has 1 N–H and O–H groups in total. The minimum Gasteiger partial charge on any atom is -0.462 e. The standard InChI is InChI=1S/C23H22N2O4S2/c1-3-29-22(28)16-8-10-18(11-9-16)24-20(26)12-13-25-21(27)19(31-23(25)30)14-17-7-5-4-6-15(17)2/h4-11,14H,3,12-13H2,1-2H3,(H,24,26)/b19-14-. The Balaban J connectivity index is 1.56. The van der Waals surface area contributed by atoms with Gasteiger partial charge in [0, 0.05) is 18.7 Å². The molecule has 160 valence electrons. The van der Waals surface area contributed by atoms with Crippen molar-refractivity contribution in [1.29, 1.82) is 0 Å². The third kappa shape index (κ3) is 5.80. The summed E-state index contributed by atoms with van der Waals surface area (Å²) in [5, 5.41) is 2.76. The normalized spacial score (nSPS) is 14.8. The highest BCUT2D eigenvalue weighted by Crippen LogP contribution is 2.33. The highest BCUT2D eigenvalue weighted by molar-refractivity contribution is 8.26. The van der Waals surface area contributed by atoms with Gasteiger partial charge in [0.15, 0.2) is 0 Å². The van der Waals surface area contributed by atoms with Gasteiger partial charge in [-0.3, -0.25) is 14.5 Å². The maximum Gasteiger partial charge on any atom is 0.338 e. The second-order valence-corrected chi connectivity index (χ2v) is 8.46. The molecule has 1 heterocycles. The first-order valence-corrected chi connectivity index (χ1v) is 11.0. The van der Waals surface area contributed by atoms with E-state index in [1.807, 2.05) is 37.3 Å². The molecule has 1 aliphatic heterocycles. The fraction of sp³-hybridized carbons (Fsp3) is 0.217. The average molecular weight is 455 g/mol. The van der Waals surface area contributed by atoms with Crippen molar-refractivity contribution in [3.8, 4) is 0 Å². The average Bonchev–Trinajstić information content (AvgIpc) is 3.01. The van der Waals surface area contributed by atoms with E-state index in [1.54, 1.807) is 31.2 Å². The van der Waals surface area contributed by atoms with E-state index < -0.39 is 5.97 Å². The Morgan fingerprint density at radius 3 is 2.55 bits per heavy atom. The number of carbonyl (C=O) groups is 3. The van der Waals surface area contributed by atoms with Crippen molar-refractivity contribution in [2.24, 2.45) is 0 Å². The van der Waals surface area contributed by atoms with Crippen LogP contribution in [0.2, 0.25) is 0 Å². The number of nitrogens with one attached hydrogen (secondary N) is 1. The zero-order valence-electron chi connectivity index (χ0n) is 17.2. The minimum atomic E-state index is -0.409. The molecule has 2 aromatic carbocycles. The lowest BCUT2D eigenvalue weighted by molar-refractivity contribution is -0.122. The molecule has 0 aromatic heterocycles. The number of anilines is 1. The molecule has 1 aliphatic rings. The van der Waals surface area contributed by atoms with Crippen LogP contribution in [-0.2, 0) is 14.3 Å². The van der Waals surface area contributed by atoms with E-state index in [0.717, 1.165) is 11.1 Å². The third-order valence-electron chi connectivity index (χ3n) is 4.59. The summed E-state index contributed by atoms with van der Waals surface area (Å²) < 4.78 is 5.38. The van der Waals surface area contributed by atoms with E-state index in [9.17, 15) is 14.4 Å². The molecule has 1 fully saturated rings. The molecule has 0 radical (unpaired) electrons. The third-order valence-corrected chi connectivity index (χ3v) is 5.97. The first-order chi connectivity index (χ1) is 14.9. The molecule has 0 atom stereocenters. The first kappa shape index (κ1) is 22.7. The zero-order chi connectivity index (χ0) is 22.4. The van der Waals surface area contributed by atoms with Gasteiger partial charge >= 0.3 is 5.97 Å². The van der Waals surface area contributed by atoms with Crippen LogP contribution in [-0.4, -0.2) is 40.2 Å². The Morgan fingerprint density at radius 2 is 1.87 bits per heavy atom. The van der Waals surface area contributed by atoms with E-state index in [1.165, 1.54) is 16.7 Å². The van der Waals surface area contributed by atoms with Crippen LogP contribution in [0.3, 0.4) is 0 Å². The largest absolute Gasteiger partial charge is 0.462 e. The van der Waals surface area contributed by atoms with Crippen molar-refractivity contribution in [1.82, 2.24) is 4.90 Å². The SMILES string of the molecule is CCOC(=O)c1ccc(NC(=O)CCN2C(=O)/C(=C/c3ccccc3C)SC2=S)cc1. The van der Waals surface area contributed by atoms with Crippen molar-refractivity contribution >= 4 is 57.8 Å². The second-order valence-electron chi connectivity index (χ2n) is 6.79. The number of carbonyl (C=O) groups excluding carboxylic acids is 3. The van der Waals surface area contributed by atoms with Crippen molar-refractivity contribution in [3.05, 3.63) is 70.1 Å². The molecular weight excluding hydrogens is 432 g/mol. The van der Waals surface area contributed by atoms with Crippen molar-refractivity contribution in [2.75, 3.05) is 18.5 Å². The van der Waals surface area contributed by atoms with Gasteiger partial charge in [-0.05, 0) is 55.3 Å². The molecule has 0 saturated carbocycles. The van der Waals surface area contributed by atoms with E-state index in [4.69, 9.17) is 17.0 Å². The molecule has 0 unspecified atom stereocenters. The number of benzene rings is 2. The summed E-state index contributed by atoms with van der Waals surface area (Å²) in [7, 11) is 0. The number of thiocarbonyl (C=S) groups is 1. The lowest BCUT2D eigenvalue weighted by Crippen LogP contribution is -2.31. The summed E-state index contributed by atoms with van der Waals surface area (Å²) in [4.78, 5) is 38.7. The van der Waals surface area contributed by atoms with Crippen LogP contribution in [0.15, 0.2) is 53.4 Å². The summed E-state index contributed by atoms with van der Waals surface area (Å²) in [5.74, 6) is -0.848. The molecule has 2 amide bonds. The minimum absolute atomic E-state index is 0.101. The molecule has 0 bridgehead atoms. The van der Waals surface area contributed by atoms with E-state index >= 15 is 0 Å². The highest BCUT2D eigenvalue weighted by atomic mass is 32.2. The second kappa shape index (κ2) is 10.4. The number of esters is 1. The van der Waals surface area contributed by atoms with Crippen LogP contribution in [0.4, 0.5) is 5.69 Å². The van der Waals surface area contributed by atoms with Crippen molar-refractivity contribution < 1.29 is 19.1 Å². The van der Waals surface area contributed by atoms with Crippen LogP contribution in [0.5, 0.6) is 0 Å². The van der Waals surface area contributed by atoms with Crippen molar-refractivity contribution in [2.45, 2.75) is 20.3 Å². The summed E-state index contributed by atoms with van der Waals surface area (Å²) in [6.45, 7) is 4.22. The number of amides is 2. The number of hydrogen-bond acceptors (Lipinski definition) is 6. The Hall–Kier alpha value is -2.97. The maximum absolute atomic E-state index is 12.7. The van der Waals surface area contributed by atoms with E-state index in [-0.39, 0.29) is 24.8 Å². The van der Waals surface area contributed by atoms with Gasteiger partial charge in [-0.1, -0.05) is 48.2 Å². The van der Waals surface area contributed by atoms with Gasteiger partial charge in [-0.2, -0.15) is 0 Å². The predicted octanol–water partition coefficient (Wildman–Crippen LogP) is 4.40. The van der Waals surface area contributed by atoms with Crippen LogP contribution >= 0.6 is 24.0 Å². The Kier molecular flexibility index (Phi) is 7.59. The molecule has 2 aromatic rings. The quantitative estimate of drug-likeness (QED) is 0.380. The number of ether oxygens (including phenoxy) is 1. The van der Waals surface area contributed by atoms with Crippen molar-refractivity contribution in [3.63, 3.8) is 0 Å². The summed E-state index contributed by atoms with van der Waals surface area (Å²) >= 11 is 6.58. The van der Waals surface area contributed by atoms with Crippen LogP contribution < -0.4 is 5.32 Å². The van der Waals surface area contributed by atoms with E-state index in [2.05, 4.69) is 5.32 Å². The Bertz CT molecular complexity index is 1050. The lowest BCUT2D eigenvalue weighted by Gasteiger charge is -2.14. The number of rotatable bonds is 7. The highest BCUT2D eigenvalue weighted by Gasteiger charge is 2.32. The Labute approximate surface area is 190 Å². The van der Waals surface area contributed by atoms with E-state index in [0.29, 0.717) is 27.1 Å². The molecule has 1 saturated heterocycles. The van der Waals surface area contributed by atoms with Gasteiger partial charge in [-0.25, -0.2) is 4.79 Å². The fourth-order valence-electron chi connectivity index (χ4n) is 2.92. The molecule has 0 aliphatic carbocycles. The summed E-state index contributed by atoms with van der Waals surface area (Å²) in [6.07, 6.45) is 1.93. The fourth-order valence-corrected chi connectivity index (χ4v) is 4.22. The number of thioether (sulfide) groups is 1. The summed E-state index contributed by atoms with van der Waals surface area (Å²) in [6, 6.07) is 14.2. The molecule has 8 heteroatoms. The number of aryl methyl sites for hydroxylation is 1. The molecule has 3 rings (SSSR count). The topological polar surface area (TPSA) is 75.7 Å².